The summed E-state index contributed by atoms with van der Waals surface area (Å²) in [7, 11) is 0. The van der Waals surface area contributed by atoms with Gasteiger partial charge in [-0.25, -0.2) is 0 Å². The summed E-state index contributed by atoms with van der Waals surface area (Å²) >= 11 is 9.84. The summed E-state index contributed by atoms with van der Waals surface area (Å²) in [6.45, 7) is 8.32. The van der Waals surface area contributed by atoms with Gasteiger partial charge in [0.2, 0.25) is 5.91 Å². The molecular formula is C23H34BrClN2O. The van der Waals surface area contributed by atoms with E-state index in [9.17, 15) is 4.79 Å². The van der Waals surface area contributed by atoms with Gasteiger partial charge in [0.1, 0.15) is 0 Å². The van der Waals surface area contributed by atoms with Crippen LogP contribution in [0, 0.1) is 11.8 Å². The maximum atomic E-state index is 11.8. The fourth-order valence-electron chi connectivity index (χ4n) is 5.14. The second-order valence-electron chi connectivity index (χ2n) is 8.66. The van der Waals surface area contributed by atoms with Gasteiger partial charge in [-0.2, -0.15) is 0 Å². The van der Waals surface area contributed by atoms with Crippen LogP contribution in [0.1, 0.15) is 57.9 Å². The lowest BCUT2D eigenvalue weighted by atomic mass is 9.83. The molecule has 0 spiro atoms. The molecule has 1 atom stereocenters. The Labute approximate surface area is 183 Å². The van der Waals surface area contributed by atoms with E-state index in [0.29, 0.717) is 6.04 Å². The van der Waals surface area contributed by atoms with Gasteiger partial charge in [-0.05, 0) is 101 Å². The molecule has 0 N–H and O–H groups in total. The Balaban J connectivity index is 1.39. The summed E-state index contributed by atoms with van der Waals surface area (Å²) in [4.78, 5) is 16.5. The molecule has 3 rings (SSSR count). The van der Waals surface area contributed by atoms with Crippen molar-refractivity contribution in [3.05, 3.63) is 33.3 Å². The molecule has 5 heteroatoms. The summed E-state index contributed by atoms with van der Waals surface area (Å²) in [6.07, 6.45) is 8.64. The van der Waals surface area contributed by atoms with E-state index in [-0.39, 0.29) is 5.91 Å². The van der Waals surface area contributed by atoms with Crippen LogP contribution in [0.15, 0.2) is 22.7 Å². The number of amides is 1. The number of carbonyl (C=O) groups is 1. The van der Waals surface area contributed by atoms with Gasteiger partial charge in [-0.1, -0.05) is 27.5 Å². The number of rotatable bonds is 7. The van der Waals surface area contributed by atoms with Gasteiger partial charge in [0.15, 0.2) is 0 Å². The summed E-state index contributed by atoms with van der Waals surface area (Å²) in [5.41, 5.74) is 1.34. The zero-order valence-corrected chi connectivity index (χ0v) is 19.6. The first-order chi connectivity index (χ1) is 13.5. The van der Waals surface area contributed by atoms with Crippen LogP contribution < -0.4 is 0 Å². The molecule has 1 heterocycles. The van der Waals surface area contributed by atoms with Gasteiger partial charge in [-0.3, -0.25) is 4.79 Å². The summed E-state index contributed by atoms with van der Waals surface area (Å²) < 4.78 is 1.18. The Bertz CT molecular complexity index is 660. The minimum absolute atomic E-state index is 0.236. The van der Waals surface area contributed by atoms with E-state index in [4.69, 9.17) is 11.6 Å². The van der Waals surface area contributed by atoms with Crippen molar-refractivity contribution >= 4 is 33.4 Å². The molecule has 1 aromatic carbocycles. The number of likely N-dealkylation sites (tertiary alicyclic amines) is 1. The number of nitrogens with zero attached hydrogens (tertiary/aromatic N) is 2. The molecule has 1 amide bonds. The smallest absolute Gasteiger partial charge is 0.219 e. The topological polar surface area (TPSA) is 23.6 Å². The van der Waals surface area contributed by atoms with Crippen molar-refractivity contribution < 1.29 is 4.79 Å². The molecule has 2 aliphatic rings. The zero-order valence-electron chi connectivity index (χ0n) is 17.3. The Hall–Kier alpha value is -0.580. The third-order valence-electron chi connectivity index (χ3n) is 6.74. The SMILES string of the molecule is CCN(C(C)=O)[C@H]1CC[C@H](CCN2CCC(Cc3cc(Cl)ccc3Br)C2)CC1. The number of carbonyl (C=O) groups excluding carboxylic acids is 1. The second kappa shape index (κ2) is 10.4. The Morgan fingerprint density at radius 2 is 1.96 bits per heavy atom. The number of hydrogen-bond acceptors (Lipinski definition) is 2. The van der Waals surface area contributed by atoms with Crippen LogP contribution in [-0.4, -0.2) is 47.9 Å². The van der Waals surface area contributed by atoms with E-state index in [1.54, 1.807) is 6.92 Å². The van der Waals surface area contributed by atoms with E-state index in [1.165, 1.54) is 68.2 Å². The molecule has 1 aliphatic heterocycles. The predicted octanol–water partition coefficient (Wildman–Crippen LogP) is 5.78. The normalized spacial score (nSPS) is 25.8. The van der Waals surface area contributed by atoms with Crippen LogP contribution in [0.3, 0.4) is 0 Å². The highest BCUT2D eigenvalue weighted by Gasteiger charge is 2.28. The van der Waals surface area contributed by atoms with Crippen LogP contribution in [-0.2, 0) is 11.2 Å². The van der Waals surface area contributed by atoms with Crippen LogP contribution in [0.2, 0.25) is 5.02 Å². The largest absolute Gasteiger partial charge is 0.340 e. The van der Waals surface area contributed by atoms with Crippen molar-refractivity contribution in [3.8, 4) is 0 Å². The highest BCUT2D eigenvalue weighted by molar-refractivity contribution is 9.10. The molecule has 1 unspecified atom stereocenters. The van der Waals surface area contributed by atoms with Gasteiger partial charge in [0.25, 0.3) is 0 Å². The molecule has 1 aliphatic carbocycles. The molecule has 3 nitrogen and oxygen atoms in total. The molecule has 0 radical (unpaired) electrons. The number of hydrogen-bond donors (Lipinski definition) is 0. The van der Waals surface area contributed by atoms with E-state index < -0.39 is 0 Å². The quantitative estimate of drug-likeness (QED) is 0.505. The molecule has 156 valence electrons. The first-order valence-electron chi connectivity index (χ1n) is 10.9. The van der Waals surface area contributed by atoms with E-state index in [1.807, 2.05) is 6.07 Å². The Morgan fingerprint density at radius 1 is 1.21 bits per heavy atom. The molecule has 28 heavy (non-hydrogen) atoms. The first-order valence-corrected chi connectivity index (χ1v) is 12.1. The molecule has 2 fully saturated rings. The van der Waals surface area contributed by atoms with Crippen molar-refractivity contribution in [1.29, 1.82) is 0 Å². The lowest BCUT2D eigenvalue weighted by Gasteiger charge is -2.36. The fourth-order valence-corrected chi connectivity index (χ4v) is 5.74. The van der Waals surface area contributed by atoms with Gasteiger partial charge in [0, 0.05) is 35.6 Å². The average molecular weight is 470 g/mol. The average Bonchev–Trinajstić information content (AvgIpc) is 3.12. The van der Waals surface area contributed by atoms with Crippen molar-refractivity contribution in [1.82, 2.24) is 9.80 Å². The van der Waals surface area contributed by atoms with E-state index in [0.717, 1.165) is 29.8 Å². The standard InChI is InChI=1S/C23H34BrClN2O/c1-3-27(17(2)28)22-7-4-18(5-8-22)10-12-26-13-11-19(16-26)14-20-15-21(25)6-9-23(20)24/h6,9,15,18-19,22H,3-5,7-8,10-14,16H2,1-2H3/t18-,19?,22-. The minimum atomic E-state index is 0.236. The molecule has 0 bridgehead atoms. The van der Waals surface area contributed by atoms with Gasteiger partial charge < -0.3 is 9.80 Å². The molecule has 0 aromatic heterocycles. The van der Waals surface area contributed by atoms with Gasteiger partial charge in [-0.15, -0.1) is 0 Å². The molecular weight excluding hydrogens is 436 g/mol. The van der Waals surface area contributed by atoms with Crippen LogP contribution in [0.25, 0.3) is 0 Å². The van der Waals surface area contributed by atoms with Crippen molar-refractivity contribution in [2.75, 3.05) is 26.2 Å². The highest BCUT2D eigenvalue weighted by atomic mass is 79.9. The van der Waals surface area contributed by atoms with Crippen LogP contribution >= 0.6 is 27.5 Å². The lowest BCUT2D eigenvalue weighted by Crippen LogP contribution is -2.41. The maximum Gasteiger partial charge on any atom is 0.219 e. The second-order valence-corrected chi connectivity index (χ2v) is 9.95. The highest BCUT2D eigenvalue weighted by Crippen LogP contribution is 2.31. The summed E-state index contributed by atoms with van der Waals surface area (Å²) in [5.74, 6) is 1.81. The number of halogens is 2. The lowest BCUT2D eigenvalue weighted by molar-refractivity contribution is -0.131. The van der Waals surface area contributed by atoms with Crippen molar-refractivity contribution in [2.45, 2.75) is 64.8 Å². The third-order valence-corrected chi connectivity index (χ3v) is 7.75. The monoisotopic (exact) mass is 468 g/mol. The Morgan fingerprint density at radius 3 is 2.64 bits per heavy atom. The van der Waals surface area contributed by atoms with E-state index in [2.05, 4.69) is 44.8 Å². The third kappa shape index (κ3) is 5.96. The Kier molecular flexibility index (Phi) is 8.25. The fraction of sp³-hybridized carbons (Fsp3) is 0.696. The van der Waals surface area contributed by atoms with Crippen LogP contribution in [0.4, 0.5) is 0 Å². The van der Waals surface area contributed by atoms with Crippen molar-refractivity contribution in [2.24, 2.45) is 11.8 Å². The molecule has 1 aromatic rings. The summed E-state index contributed by atoms with van der Waals surface area (Å²) in [5, 5.41) is 0.829. The molecule has 1 saturated heterocycles. The maximum absolute atomic E-state index is 11.8. The predicted molar refractivity (Wildman–Crippen MR) is 121 cm³/mol. The van der Waals surface area contributed by atoms with Crippen LogP contribution in [0.5, 0.6) is 0 Å². The molecule has 1 saturated carbocycles. The van der Waals surface area contributed by atoms with Gasteiger partial charge in [0.05, 0.1) is 0 Å². The van der Waals surface area contributed by atoms with Gasteiger partial charge >= 0.3 is 0 Å². The first kappa shape index (κ1) is 22.1. The number of benzene rings is 1. The zero-order chi connectivity index (χ0) is 20.1. The summed E-state index contributed by atoms with van der Waals surface area (Å²) in [6, 6.07) is 6.59. The van der Waals surface area contributed by atoms with E-state index >= 15 is 0 Å². The van der Waals surface area contributed by atoms with Crippen molar-refractivity contribution in [3.63, 3.8) is 0 Å². The minimum Gasteiger partial charge on any atom is -0.340 e.